The Hall–Kier alpha value is -1.22. The summed E-state index contributed by atoms with van der Waals surface area (Å²) in [4.78, 5) is 11.3. The third-order valence-corrected chi connectivity index (χ3v) is 2.92. The van der Waals surface area contributed by atoms with Crippen LogP contribution in [0.1, 0.15) is 37.3 Å². The van der Waals surface area contributed by atoms with Crippen molar-refractivity contribution in [1.82, 2.24) is 5.32 Å². The molecule has 0 aliphatic rings. The van der Waals surface area contributed by atoms with E-state index in [1.165, 1.54) is 0 Å². The van der Waals surface area contributed by atoms with Crippen molar-refractivity contribution in [3.05, 3.63) is 29.3 Å². The van der Waals surface area contributed by atoms with Crippen molar-refractivity contribution in [3.8, 4) is 5.75 Å². The first-order chi connectivity index (χ1) is 8.58. The number of hydrogen-bond acceptors (Lipinski definition) is 2. The summed E-state index contributed by atoms with van der Waals surface area (Å²) in [5, 5.41) is 2.84. The van der Waals surface area contributed by atoms with E-state index >= 15 is 0 Å². The number of nitrogens with one attached hydrogen (secondary N) is 1. The molecule has 0 unspecified atom stereocenters. The van der Waals surface area contributed by atoms with Crippen LogP contribution in [0.15, 0.2) is 18.2 Å². The first kappa shape index (κ1) is 14.8. The van der Waals surface area contributed by atoms with Crippen molar-refractivity contribution in [1.29, 1.82) is 0 Å². The third-order valence-electron chi connectivity index (χ3n) is 2.73. The zero-order valence-corrected chi connectivity index (χ0v) is 11.9. The summed E-state index contributed by atoms with van der Waals surface area (Å²) in [5.74, 6) is 1.61. The molecule has 0 bridgehead atoms. The Labute approximate surface area is 113 Å². The van der Waals surface area contributed by atoms with Gasteiger partial charge in [-0.2, -0.15) is 0 Å². The molecule has 0 atom stereocenters. The van der Waals surface area contributed by atoms with Crippen LogP contribution in [0, 0.1) is 0 Å². The molecule has 1 amide bonds. The number of carbonyl (C=O) groups excluding carboxylic acids is 1. The van der Waals surface area contributed by atoms with E-state index in [0.29, 0.717) is 24.8 Å². The maximum atomic E-state index is 11.3. The Kier molecular flexibility index (Phi) is 5.99. The van der Waals surface area contributed by atoms with Crippen LogP contribution < -0.4 is 10.1 Å². The number of alkyl halides is 1. The van der Waals surface area contributed by atoms with Crippen molar-refractivity contribution in [2.75, 3.05) is 13.0 Å². The molecular formula is C14H20ClNO2. The zero-order valence-electron chi connectivity index (χ0n) is 11.1. The van der Waals surface area contributed by atoms with Gasteiger partial charge in [0.15, 0.2) is 0 Å². The molecule has 0 saturated heterocycles. The smallest absolute Gasteiger partial charge is 0.221 e. The van der Waals surface area contributed by atoms with Crippen LogP contribution in [0.4, 0.5) is 0 Å². The van der Waals surface area contributed by atoms with E-state index in [0.717, 1.165) is 16.9 Å². The molecule has 0 heterocycles. The molecule has 100 valence electrons. The summed E-state index contributed by atoms with van der Waals surface area (Å²) in [6, 6.07) is 5.98. The lowest BCUT2D eigenvalue weighted by Gasteiger charge is -2.14. The molecule has 0 aliphatic carbocycles. The minimum absolute atomic E-state index is 0.0214. The minimum Gasteiger partial charge on any atom is -0.496 e. The molecule has 0 fully saturated rings. The molecule has 1 aromatic rings. The lowest BCUT2D eigenvalue weighted by molar-refractivity contribution is -0.120. The lowest BCUT2D eigenvalue weighted by Crippen LogP contribution is -2.22. The molecule has 0 saturated carbocycles. The zero-order chi connectivity index (χ0) is 13.5. The lowest BCUT2D eigenvalue weighted by atomic mass is 9.99. The Morgan fingerprint density at radius 2 is 2.17 bits per heavy atom. The molecule has 1 N–H and O–H groups in total. The molecule has 4 heteroatoms. The fourth-order valence-electron chi connectivity index (χ4n) is 1.72. The highest BCUT2D eigenvalue weighted by atomic mass is 35.5. The van der Waals surface area contributed by atoms with Crippen molar-refractivity contribution < 1.29 is 9.53 Å². The molecule has 0 radical (unpaired) electrons. The summed E-state index contributed by atoms with van der Waals surface area (Å²) in [6.45, 7) is 4.76. The van der Waals surface area contributed by atoms with Crippen LogP contribution in [-0.2, 0) is 11.3 Å². The summed E-state index contributed by atoms with van der Waals surface area (Å²) in [7, 11) is 1.67. The molecular weight excluding hydrogens is 250 g/mol. The van der Waals surface area contributed by atoms with Gasteiger partial charge in [0.05, 0.1) is 7.11 Å². The number of benzene rings is 1. The van der Waals surface area contributed by atoms with Crippen LogP contribution >= 0.6 is 11.6 Å². The van der Waals surface area contributed by atoms with Gasteiger partial charge in [0.2, 0.25) is 5.91 Å². The van der Waals surface area contributed by atoms with Crippen molar-refractivity contribution in [2.24, 2.45) is 0 Å². The van der Waals surface area contributed by atoms with E-state index in [1.54, 1.807) is 7.11 Å². The van der Waals surface area contributed by atoms with Gasteiger partial charge < -0.3 is 10.1 Å². The fourth-order valence-corrected chi connectivity index (χ4v) is 1.89. The van der Waals surface area contributed by atoms with E-state index in [9.17, 15) is 4.79 Å². The SMILES string of the molecule is COc1ccc(CNC(=O)CCCl)cc1C(C)C. The average molecular weight is 270 g/mol. The third kappa shape index (κ3) is 4.22. The number of ether oxygens (including phenoxy) is 1. The van der Waals surface area contributed by atoms with Gasteiger partial charge >= 0.3 is 0 Å². The molecule has 0 spiro atoms. The Bertz CT molecular complexity index is 405. The van der Waals surface area contributed by atoms with Gasteiger partial charge in [-0.1, -0.05) is 26.0 Å². The van der Waals surface area contributed by atoms with Crippen LogP contribution in [0.5, 0.6) is 5.75 Å². The number of hydrogen-bond donors (Lipinski definition) is 1. The Morgan fingerprint density at radius 3 is 2.72 bits per heavy atom. The summed E-state index contributed by atoms with van der Waals surface area (Å²) in [6.07, 6.45) is 0.356. The number of rotatable bonds is 6. The van der Waals surface area contributed by atoms with Crippen LogP contribution in [0.2, 0.25) is 0 Å². The van der Waals surface area contributed by atoms with Crippen molar-refractivity contribution in [3.63, 3.8) is 0 Å². The van der Waals surface area contributed by atoms with E-state index in [4.69, 9.17) is 16.3 Å². The first-order valence-corrected chi connectivity index (χ1v) is 6.61. The molecule has 3 nitrogen and oxygen atoms in total. The maximum absolute atomic E-state index is 11.3. The maximum Gasteiger partial charge on any atom is 0.221 e. The number of amides is 1. The van der Waals surface area contributed by atoms with Crippen LogP contribution in [0.25, 0.3) is 0 Å². The van der Waals surface area contributed by atoms with E-state index in [1.807, 2.05) is 12.1 Å². The molecule has 0 aromatic heterocycles. The molecule has 1 rings (SSSR count). The van der Waals surface area contributed by atoms with E-state index < -0.39 is 0 Å². The molecule has 0 aliphatic heterocycles. The molecule has 1 aromatic carbocycles. The Morgan fingerprint density at radius 1 is 1.44 bits per heavy atom. The highest BCUT2D eigenvalue weighted by molar-refractivity contribution is 6.18. The van der Waals surface area contributed by atoms with Gasteiger partial charge in [0.25, 0.3) is 0 Å². The van der Waals surface area contributed by atoms with Crippen molar-refractivity contribution >= 4 is 17.5 Å². The van der Waals surface area contributed by atoms with E-state index in [2.05, 4.69) is 25.2 Å². The highest BCUT2D eigenvalue weighted by Gasteiger charge is 2.08. The second-order valence-electron chi connectivity index (χ2n) is 4.45. The second kappa shape index (κ2) is 7.27. The normalized spacial score (nSPS) is 10.5. The highest BCUT2D eigenvalue weighted by Crippen LogP contribution is 2.27. The number of methoxy groups -OCH3 is 1. The topological polar surface area (TPSA) is 38.3 Å². The van der Waals surface area contributed by atoms with Crippen LogP contribution in [-0.4, -0.2) is 18.9 Å². The first-order valence-electron chi connectivity index (χ1n) is 6.08. The predicted octanol–water partition coefficient (Wildman–Crippen LogP) is 3.06. The predicted molar refractivity (Wildman–Crippen MR) is 74.3 cm³/mol. The summed E-state index contributed by atoms with van der Waals surface area (Å²) < 4.78 is 5.32. The van der Waals surface area contributed by atoms with Gasteiger partial charge in [0, 0.05) is 18.8 Å². The van der Waals surface area contributed by atoms with Gasteiger partial charge in [-0.15, -0.1) is 11.6 Å². The fraction of sp³-hybridized carbons (Fsp3) is 0.500. The number of carbonyl (C=O) groups is 1. The van der Waals surface area contributed by atoms with Crippen LogP contribution in [0.3, 0.4) is 0 Å². The number of halogens is 1. The van der Waals surface area contributed by atoms with E-state index in [-0.39, 0.29) is 5.91 Å². The minimum atomic E-state index is -0.0214. The summed E-state index contributed by atoms with van der Waals surface area (Å²) in [5.41, 5.74) is 2.23. The second-order valence-corrected chi connectivity index (χ2v) is 4.82. The largest absolute Gasteiger partial charge is 0.496 e. The Balaban J connectivity index is 2.73. The average Bonchev–Trinajstić information content (AvgIpc) is 2.36. The standard InChI is InChI=1S/C14H20ClNO2/c1-10(2)12-8-11(4-5-13(12)18-3)9-16-14(17)6-7-15/h4-5,8,10H,6-7,9H2,1-3H3,(H,16,17). The quantitative estimate of drug-likeness (QED) is 0.806. The van der Waals surface area contributed by atoms with Gasteiger partial charge in [-0.05, 0) is 23.1 Å². The van der Waals surface area contributed by atoms with Gasteiger partial charge in [0.1, 0.15) is 5.75 Å². The molecule has 18 heavy (non-hydrogen) atoms. The summed E-state index contributed by atoms with van der Waals surface area (Å²) >= 11 is 5.51. The van der Waals surface area contributed by atoms with Crippen molar-refractivity contribution in [2.45, 2.75) is 32.7 Å². The van der Waals surface area contributed by atoms with Gasteiger partial charge in [-0.25, -0.2) is 0 Å². The monoisotopic (exact) mass is 269 g/mol. The van der Waals surface area contributed by atoms with Gasteiger partial charge in [-0.3, -0.25) is 4.79 Å².